The van der Waals surface area contributed by atoms with Crippen molar-refractivity contribution in [2.75, 3.05) is 20.3 Å². The summed E-state index contributed by atoms with van der Waals surface area (Å²) in [6, 6.07) is 0.833. The predicted molar refractivity (Wildman–Crippen MR) is 80.6 cm³/mol. The van der Waals surface area contributed by atoms with Crippen LogP contribution >= 0.6 is 0 Å². The highest BCUT2D eigenvalue weighted by molar-refractivity contribution is 5.82. The smallest absolute Gasteiger partial charge is 0.240 e. The topological polar surface area (TPSA) is 41.6 Å². The Morgan fingerprint density at radius 1 is 1.25 bits per heavy atom. The van der Waals surface area contributed by atoms with E-state index in [2.05, 4.69) is 19.2 Å². The van der Waals surface area contributed by atoms with E-state index in [1.807, 2.05) is 4.90 Å². The third kappa shape index (κ3) is 3.73. The molecule has 0 spiro atoms. The van der Waals surface area contributed by atoms with Crippen LogP contribution in [0.3, 0.4) is 0 Å². The quantitative estimate of drug-likeness (QED) is 0.840. The highest BCUT2D eigenvalue weighted by Gasteiger charge is 2.36. The molecule has 1 aliphatic carbocycles. The minimum atomic E-state index is 0.0219. The summed E-state index contributed by atoms with van der Waals surface area (Å²) in [6.45, 7) is 5.47. The van der Waals surface area contributed by atoms with Gasteiger partial charge in [-0.05, 0) is 45.4 Å². The van der Waals surface area contributed by atoms with E-state index in [9.17, 15) is 4.79 Å². The molecule has 116 valence electrons. The first-order valence-electron chi connectivity index (χ1n) is 8.19. The third-order valence-corrected chi connectivity index (χ3v) is 4.89. The molecule has 0 aromatic heterocycles. The lowest BCUT2D eigenvalue weighted by Gasteiger charge is -2.41. The largest absolute Gasteiger partial charge is 0.383 e. The molecule has 2 fully saturated rings. The van der Waals surface area contributed by atoms with Gasteiger partial charge >= 0.3 is 0 Å². The summed E-state index contributed by atoms with van der Waals surface area (Å²) in [5.74, 6) is 1.07. The molecule has 20 heavy (non-hydrogen) atoms. The van der Waals surface area contributed by atoms with Gasteiger partial charge in [-0.3, -0.25) is 4.79 Å². The van der Waals surface area contributed by atoms with E-state index in [-0.39, 0.29) is 18.0 Å². The van der Waals surface area contributed by atoms with Crippen LogP contribution in [0, 0.1) is 5.92 Å². The molecule has 2 aliphatic rings. The molecule has 1 amide bonds. The number of piperidine rings is 1. The molecule has 1 N–H and O–H groups in total. The summed E-state index contributed by atoms with van der Waals surface area (Å²) >= 11 is 0. The van der Waals surface area contributed by atoms with Crippen molar-refractivity contribution in [3.63, 3.8) is 0 Å². The van der Waals surface area contributed by atoms with E-state index in [0.717, 1.165) is 12.3 Å². The normalized spacial score (nSPS) is 30.1. The average Bonchev–Trinajstić information content (AvgIpc) is 2.46. The summed E-state index contributed by atoms with van der Waals surface area (Å²) < 4.78 is 5.13. The Labute approximate surface area is 123 Å². The second-order valence-electron chi connectivity index (χ2n) is 6.57. The SMILES string of the molecule is COCCN(C(=O)C1CCC2CCCCC2N1)C(C)C. The van der Waals surface area contributed by atoms with Crippen molar-refractivity contribution in [1.29, 1.82) is 0 Å². The highest BCUT2D eigenvalue weighted by Crippen LogP contribution is 2.32. The van der Waals surface area contributed by atoms with Crippen LogP contribution in [0.1, 0.15) is 52.4 Å². The molecule has 0 aromatic carbocycles. The molecule has 1 saturated carbocycles. The summed E-state index contributed by atoms with van der Waals surface area (Å²) in [5, 5.41) is 3.63. The molecular weight excluding hydrogens is 252 g/mol. The molecule has 2 rings (SSSR count). The highest BCUT2D eigenvalue weighted by atomic mass is 16.5. The van der Waals surface area contributed by atoms with Gasteiger partial charge in [0.15, 0.2) is 0 Å². The second-order valence-corrected chi connectivity index (χ2v) is 6.57. The van der Waals surface area contributed by atoms with Crippen LogP contribution in [0.15, 0.2) is 0 Å². The Morgan fingerprint density at radius 3 is 2.70 bits per heavy atom. The van der Waals surface area contributed by atoms with Crippen LogP contribution in [-0.4, -0.2) is 49.2 Å². The maximum absolute atomic E-state index is 12.7. The minimum Gasteiger partial charge on any atom is -0.383 e. The van der Waals surface area contributed by atoms with Gasteiger partial charge in [-0.1, -0.05) is 12.8 Å². The fourth-order valence-electron chi connectivity index (χ4n) is 3.70. The summed E-state index contributed by atoms with van der Waals surface area (Å²) in [6.07, 6.45) is 7.48. The van der Waals surface area contributed by atoms with Crippen molar-refractivity contribution < 1.29 is 9.53 Å². The van der Waals surface area contributed by atoms with E-state index >= 15 is 0 Å². The van der Waals surface area contributed by atoms with Crippen molar-refractivity contribution in [3.8, 4) is 0 Å². The number of fused-ring (bicyclic) bond motifs is 1. The zero-order valence-electron chi connectivity index (χ0n) is 13.2. The van der Waals surface area contributed by atoms with Crippen LogP contribution < -0.4 is 5.32 Å². The number of ether oxygens (including phenoxy) is 1. The van der Waals surface area contributed by atoms with Gasteiger partial charge in [-0.15, -0.1) is 0 Å². The van der Waals surface area contributed by atoms with E-state index in [1.165, 1.54) is 32.1 Å². The Morgan fingerprint density at radius 2 is 2.00 bits per heavy atom. The number of rotatable bonds is 5. The predicted octanol–water partition coefficient (Wildman–Crippen LogP) is 2.18. The summed E-state index contributed by atoms with van der Waals surface area (Å²) in [4.78, 5) is 14.7. The van der Waals surface area contributed by atoms with Crippen LogP contribution in [0.25, 0.3) is 0 Å². The molecule has 3 atom stereocenters. The lowest BCUT2D eigenvalue weighted by Crippen LogP contribution is -2.57. The van der Waals surface area contributed by atoms with Crippen molar-refractivity contribution >= 4 is 5.91 Å². The van der Waals surface area contributed by atoms with Gasteiger partial charge in [0.1, 0.15) is 0 Å². The van der Waals surface area contributed by atoms with Gasteiger partial charge in [0, 0.05) is 25.7 Å². The van der Waals surface area contributed by atoms with Gasteiger partial charge in [0.05, 0.1) is 12.6 Å². The van der Waals surface area contributed by atoms with Crippen LogP contribution in [0.5, 0.6) is 0 Å². The number of amides is 1. The number of hydrogen-bond acceptors (Lipinski definition) is 3. The zero-order chi connectivity index (χ0) is 14.5. The Balaban J connectivity index is 1.93. The van der Waals surface area contributed by atoms with Gasteiger partial charge in [-0.25, -0.2) is 0 Å². The van der Waals surface area contributed by atoms with Crippen molar-refractivity contribution in [3.05, 3.63) is 0 Å². The third-order valence-electron chi connectivity index (χ3n) is 4.89. The number of nitrogens with zero attached hydrogens (tertiary/aromatic N) is 1. The van der Waals surface area contributed by atoms with E-state index in [0.29, 0.717) is 19.2 Å². The number of hydrogen-bond donors (Lipinski definition) is 1. The van der Waals surface area contributed by atoms with E-state index < -0.39 is 0 Å². The van der Waals surface area contributed by atoms with E-state index in [4.69, 9.17) is 4.74 Å². The lowest BCUT2D eigenvalue weighted by atomic mass is 9.77. The molecule has 4 nitrogen and oxygen atoms in total. The first kappa shape index (κ1) is 15.8. The molecule has 0 aromatic rings. The number of carbonyl (C=O) groups is 1. The Bertz CT molecular complexity index is 320. The lowest BCUT2D eigenvalue weighted by molar-refractivity contribution is -0.137. The summed E-state index contributed by atoms with van der Waals surface area (Å²) in [7, 11) is 1.69. The first-order chi connectivity index (χ1) is 9.63. The van der Waals surface area contributed by atoms with Crippen LogP contribution in [0.4, 0.5) is 0 Å². The molecule has 4 heteroatoms. The second kappa shape index (κ2) is 7.41. The van der Waals surface area contributed by atoms with E-state index in [1.54, 1.807) is 7.11 Å². The van der Waals surface area contributed by atoms with Crippen molar-refractivity contribution in [1.82, 2.24) is 10.2 Å². The first-order valence-corrected chi connectivity index (χ1v) is 8.19. The molecule has 3 unspecified atom stereocenters. The Kier molecular flexibility index (Phi) is 5.85. The van der Waals surface area contributed by atoms with Crippen molar-refractivity contribution in [2.45, 2.75) is 70.5 Å². The monoisotopic (exact) mass is 282 g/mol. The molecule has 0 radical (unpaired) electrons. The molecule has 0 bridgehead atoms. The molecular formula is C16H30N2O2. The van der Waals surface area contributed by atoms with Crippen molar-refractivity contribution in [2.24, 2.45) is 5.92 Å². The maximum atomic E-state index is 12.7. The number of nitrogens with one attached hydrogen (secondary N) is 1. The van der Waals surface area contributed by atoms with Crippen LogP contribution in [0.2, 0.25) is 0 Å². The number of methoxy groups -OCH3 is 1. The van der Waals surface area contributed by atoms with Gasteiger partial charge in [0.2, 0.25) is 5.91 Å². The molecule has 1 aliphatic heterocycles. The Hall–Kier alpha value is -0.610. The van der Waals surface area contributed by atoms with Crippen LogP contribution in [-0.2, 0) is 9.53 Å². The molecule has 1 heterocycles. The summed E-state index contributed by atoms with van der Waals surface area (Å²) in [5.41, 5.74) is 0. The van der Waals surface area contributed by atoms with Gasteiger partial charge in [0.25, 0.3) is 0 Å². The fraction of sp³-hybridized carbons (Fsp3) is 0.938. The fourth-order valence-corrected chi connectivity index (χ4v) is 3.70. The standard InChI is InChI=1S/C16H30N2O2/c1-12(2)18(10-11-20-3)16(19)15-9-8-13-6-4-5-7-14(13)17-15/h12-15,17H,4-11H2,1-3H3. The maximum Gasteiger partial charge on any atom is 0.240 e. The average molecular weight is 282 g/mol. The number of carbonyl (C=O) groups excluding carboxylic acids is 1. The van der Waals surface area contributed by atoms with Gasteiger partial charge in [-0.2, -0.15) is 0 Å². The zero-order valence-corrected chi connectivity index (χ0v) is 13.2. The molecule has 1 saturated heterocycles. The van der Waals surface area contributed by atoms with Gasteiger partial charge < -0.3 is 15.0 Å². The minimum absolute atomic E-state index is 0.0219.